The smallest absolute Gasteiger partial charge is 0.251 e. The molecule has 126 valence electrons. The molecule has 2 N–H and O–H groups in total. The highest BCUT2D eigenvalue weighted by molar-refractivity contribution is 5.93. The third-order valence-corrected chi connectivity index (χ3v) is 5.25. The molecule has 5 heteroatoms. The van der Waals surface area contributed by atoms with E-state index in [0.29, 0.717) is 12.1 Å². The van der Waals surface area contributed by atoms with E-state index in [1.54, 1.807) is 7.05 Å². The molecule has 0 unspecified atom stereocenters. The van der Waals surface area contributed by atoms with Crippen molar-refractivity contribution >= 4 is 11.9 Å². The van der Waals surface area contributed by atoms with Crippen molar-refractivity contribution in [2.45, 2.75) is 39.8 Å². The van der Waals surface area contributed by atoms with E-state index in [4.69, 9.17) is 0 Å². The minimum Gasteiger partial charge on any atom is -0.355 e. The molecule has 1 fully saturated rings. The Morgan fingerprint density at radius 3 is 2.26 bits per heavy atom. The van der Waals surface area contributed by atoms with Gasteiger partial charge in [-0.1, -0.05) is 26.0 Å². The van der Waals surface area contributed by atoms with Crippen molar-refractivity contribution in [3.05, 3.63) is 35.4 Å². The van der Waals surface area contributed by atoms with Gasteiger partial charge in [0.2, 0.25) is 0 Å². The molecule has 0 aromatic heterocycles. The summed E-state index contributed by atoms with van der Waals surface area (Å²) < 4.78 is 0. The lowest BCUT2D eigenvalue weighted by atomic mass is 9.65. The van der Waals surface area contributed by atoms with Gasteiger partial charge in [-0.2, -0.15) is 0 Å². The number of nitrogens with zero attached hydrogens (tertiary/aromatic N) is 2. The Hall–Kier alpha value is -2.04. The maximum absolute atomic E-state index is 11.6. The number of hydrogen-bond acceptors (Lipinski definition) is 2. The molecule has 0 radical (unpaired) electrons. The molecule has 5 nitrogen and oxygen atoms in total. The molecule has 1 aliphatic heterocycles. The summed E-state index contributed by atoms with van der Waals surface area (Å²) in [6.07, 6.45) is 0. The fraction of sp³-hybridized carbons (Fsp3) is 0.556. The van der Waals surface area contributed by atoms with Crippen LogP contribution < -0.4 is 10.6 Å². The van der Waals surface area contributed by atoms with Crippen molar-refractivity contribution in [2.75, 3.05) is 20.6 Å². The largest absolute Gasteiger partial charge is 0.355 e. The van der Waals surface area contributed by atoms with Crippen LogP contribution in [0.1, 0.15) is 43.6 Å². The molecule has 1 aliphatic rings. The Kier molecular flexibility index (Phi) is 4.68. The van der Waals surface area contributed by atoms with Crippen molar-refractivity contribution in [1.82, 2.24) is 15.5 Å². The third-order valence-electron chi connectivity index (χ3n) is 5.25. The molecule has 1 amide bonds. The Morgan fingerprint density at radius 1 is 1.22 bits per heavy atom. The summed E-state index contributed by atoms with van der Waals surface area (Å²) in [6, 6.07) is 7.62. The van der Waals surface area contributed by atoms with Crippen LogP contribution in [0.5, 0.6) is 0 Å². The van der Waals surface area contributed by atoms with Crippen LogP contribution in [0.4, 0.5) is 0 Å². The third kappa shape index (κ3) is 3.19. The van der Waals surface area contributed by atoms with Gasteiger partial charge in [-0.15, -0.1) is 0 Å². The fourth-order valence-corrected chi connectivity index (χ4v) is 2.79. The van der Waals surface area contributed by atoms with Crippen LogP contribution in [0.15, 0.2) is 29.3 Å². The lowest BCUT2D eigenvalue weighted by Gasteiger charge is -2.62. The number of aliphatic imine (C=N–C) groups is 1. The first kappa shape index (κ1) is 17.3. The minimum absolute atomic E-state index is 0.0649. The van der Waals surface area contributed by atoms with E-state index in [2.05, 4.69) is 48.2 Å². The molecule has 1 heterocycles. The Labute approximate surface area is 139 Å². The summed E-state index contributed by atoms with van der Waals surface area (Å²) in [5, 5.41) is 6.05. The van der Waals surface area contributed by atoms with Crippen LogP contribution in [0.25, 0.3) is 0 Å². The summed E-state index contributed by atoms with van der Waals surface area (Å²) in [7, 11) is 3.45. The number of amides is 1. The van der Waals surface area contributed by atoms with Crippen LogP contribution in [0, 0.1) is 5.41 Å². The van der Waals surface area contributed by atoms with Gasteiger partial charge in [-0.25, -0.2) is 0 Å². The second kappa shape index (κ2) is 6.22. The summed E-state index contributed by atoms with van der Waals surface area (Å²) in [5.41, 5.74) is 2.15. The molecule has 2 rings (SSSR count). The zero-order chi connectivity index (χ0) is 17.3. The average Bonchev–Trinajstić information content (AvgIpc) is 2.54. The number of carbonyl (C=O) groups is 1. The number of rotatable bonds is 3. The molecule has 0 saturated carbocycles. The summed E-state index contributed by atoms with van der Waals surface area (Å²) in [4.78, 5) is 18.3. The van der Waals surface area contributed by atoms with E-state index in [1.807, 2.05) is 31.3 Å². The number of carbonyl (C=O) groups excluding carboxylic acids is 1. The molecule has 0 spiro atoms. The lowest BCUT2D eigenvalue weighted by Crippen LogP contribution is -2.72. The van der Waals surface area contributed by atoms with E-state index in [1.165, 1.54) is 0 Å². The Morgan fingerprint density at radius 2 is 1.83 bits per heavy atom. The summed E-state index contributed by atoms with van der Waals surface area (Å²) in [5.74, 6) is 0.856. The van der Waals surface area contributed by atoms with Gasteiger partial charge in [-0.05, 0) is 31.5 Å². The predicted molar refractivity (Wildman–Crippen MR) is 94.6 cm³/mol. The molecule has 0 aliphatic carbocycles. The average molecular weight is 316 g/mol. The zero-order valence-electron chi connectivity index (χ0n) is 15.0. The van der Waals surface area contributed by atoms with Gasteiger partial charge in [-0.3, -0.25) is 9.79 Å². The van der Waals surface area contributed by atoms with Gasteiger partial charge in [0.25, 0.3) is 5.91 Å². The molecule has 1 aromatic rings. The van der Waals surface area contributed by atoms with Gasteiger partial charge in [0, 0.05) is 43.7 Å². The van der Waals surface area contributed by atoms with E-state index >= 15 is 0 Å². The van der Waals surface area contributed by atoms with E-state index in [-0.39, 0.29) is 16.9 Å². The van der Waals surface area contributed by atoms with Crippen LogP contribution in [-0.4, -0.2) is 42.9 Å². The molecule has 1 saturated heterocycles. The highest BCUT2D eigenvalue weighted by atomic mass is 16.1. The van der Waals surface area contributed by atoms with Crippen molar-refractivity contribution in [2.24, 2.45) is 10.4 Å². The molecule has 0 bridgehead atoms. The number of nitrogens with one attached hydrogen (secondary N) is 2. The fourth-order valence-electron chi connectivity index (χ4n) is 2.79. The molecular formula is C18H28N4O. The van der Waals surface area contributed by atoms with E-state index < -0.39 is 0 Å². The molecule has 0 atom stereocenters. The van der Waals surface area contributed by atoms with Crippen LogP contribution in [0.2, 0.25) is 0 Å². The van der Waals surface area contributed by atoms with Crippen molar-refractivity contribution in [1.29, 1.82) is 0 Å². The van der Waals surface area contributed by atoms with Gasteiger partial charge in [0.05, 0.1) is 0 Å². The Balaban J connectivity index is 1.98. The highest BCUT2D eigenvalue weighted by Gasteiger charge is 2.53. The van der Waals surface area contributed by atoms with Gasteiger partial charge in [0.1, 0.15) is 0 Å². The number of guanidine groups is 1. The number of benzene rings is 1. The lowest BCUT2D eigenvalue weighted by molar-refractivity contribution is -0.0667. The van der Waals surface area contributed by atoms with Gasteiger partial charge >= 0.3 is 0 Å². The van der Waals surface area contributed by atoms with Gasteiger partial charge in [0.15, 0.2) is 5.96 Å². The highest BCUT2D eigenvalue weighted by Crippen LogP contribution is 2.46. The maximum atomic E-state index is 11.6. The van der Waals surface area contributed by atoms with Crippen molar-refractivity contribution in [3.8, 4) is 0 Å². The SMILES string of the molecule is CN=C(NCc1ccc(C(=O)NC)cc1)N1CC(C)(C)C1(C)C. The number of likely N-dealkylation sites (tertiary alicyclic amines) is 1. The second-order valence-corrected chi connectivity index (χ2v) is 7.21. The van der Waals surface area contributed by atoms with Crippen molar-refractivity contribution < 1.29 is 4.79 Å². The predicted octanol–water partition coefficient (Wildman–Crippen LogP) is 2.24. The van der Waals surface area contributed by atoms with Crippen LogP contribution >= 0.6 is 0 Å². The molecular weight excluding hydrogens is 288 g/mol. The molecule has 1 aromatic carbocycles. The first-order valence-corrected chi connectivity index (χ1v) is 8.02. The Bertz CT molecular complexity index is 602. The standard InChI is InChI=1S/C18H28N4O/c1-17(2)12-22(18(17,3)4)16(20-6)21-11-13-7-9-14(10-8-13)15(23)19-5/h7-10H,11-12H2,1-6H3,(H,19,23)(H,20,21). The van der Waals surface area contributed by atoms with Crippen LogP contribution in [-0.2, 0) is 6.54 Å². The first-order chi connectivity index (χ1) is 10.7. The second-order valence-electron chi connectivity index (χ2n) is 7.21. The summed E-state index contributed by atoms with van der Waals surface area (Å²) >= 11 is 0. The van der Waals surface area contributed by atoms with E-state index in [9.17, 15) is 4.79 Å². The van der Waals surface area contributed by atoms with E-state index in [0.717, 1.165) is 18.1 Å². The maximum Gasteiger partial charge on any atom is 0.251 e. The first-order valence-electron chi connectivity index (χ1n) is 8.02. The summed E-state index contributed by atoms with van der Waals surface area (Å²) in [6.45, 7) is 10.8. The molecule has 23 heavy (non-hydrogen) atoms. The quantitative estimate of drug-likeness (QED) is 0.664. The normalized spacial score (nSPS) is 19.0. The minimum atomic E-state index is -0.0649. The number of hydrogen-bond donors (Lipinski definition) is 2. The van der Waals surface area contributed by atoms with Crippen LogP contribution in [0.3, 0.4) is 0 Å². The topological polar surface area (TPSA) is 56.7 Å². The monoisotopic (exact) mass is 316 g/mol. The van der Waals surface area contributed by atoms with Crippen molar-refractivity contribution in [3.63, 3.8) is 0 Å². The van der Waals surface area contributed by atoms with Gasteiger partial charge < -0.3 is 15.5 Å². The zero-order valence-corrected chi connectivity index (χ0v) is 15.0.